The molecular formula is C35H43F3N4O4S. The van der Waals surface area contributed by atoms with Crippen LogP contribution in [-0.2, 0) is 38.7 Å². The molecule has 1 aliphatic heterocycles. The lowest BCUT2D eigenvalue weighted by Crippen LogP contribution is -2.33. The van der Waals surface area contributed by atoms with Crippen molar-refractivity contribution in [1.29, 1.82) is 5.53 Å². The number of benzene rings is 3. The molecule has 0 spiro atoms. The van der Waals surface area contributed by atoms with Crippen molar-refractivity contribution in [2.24, 2.45) is 11.0 Å². The quantitative estimate of drug-likeness (QED) is 0.140. The van der Waals surface area contributed by atoms with Crippen LogP contribution in [0.4, 0.5) is 24.5 Å². The maximum absolute atomic E-state index is 13.9. The Hall–Kier alpha value is -3.61. The molecule has 12 heteroatoms. The number of sulfonamides is 1. The number of nitrogens with one attached hydrogen (secondary N) is 2. The van der Waals surface area contributed by atoms with E-state index in [-0.39, 0.29) is 42.5 Å². The molecule has 4 rings (SSSR count). The Balaban J connectivity index is 1.78. The van der Waals surface area contributed by atoms with Crippen LogP contribution in [0, 0.1) is 25.3 Å². The minimum absolute atomic E-state index is 0.00825. The first-order valence-electron chi connectivity index (χ1n) is 15.8. The molecule has 1 heterocycles. The fourth-order valence-electron chi connectivity index (χ4n) is 6.22. The second-order valence-corrected chi connectivity index (χ2v) is 14.1. The van der Waals surface area contributed by atoms with Crippen LogP contribution in [0.2, 0.25) is 0 Å². The predicted octanol–water partition coefficient (Wildman–Crippen LogP) is 8.32. The highest BCUT2D eigenvalue weighted by molar-refractivity contribution is 7.89. The number of carbonyl (C=O) groups excluding carboxylic acids is 1. The summed E-state index contributed by atoms with van der Waals surface area (Å²) in [5.41, 5.74) is 12.3. The van der Waals surface area contributed by atoms with Gasteiger partial charge in [-0.05, 0) is 91.6 Å². The molecule has 0 bridgehead atoms. The zero-order valence-corrected chi connectivity index (χ0v) is 28.3. The summed E-state index contributed by atoms with van der Waals surface area (Å²) in [6, 6.07) is 12.4. The first-order valence-corrected chi connectivity index (χ1v) is 17.3. The summed E-state index contributed by atoms with van der Waals surface area (Å²) in [7, 11) is -4.27. The molecule has 8 nitrogen and oxygen atoms in total. The maximum atomic E-state index is 13.9. The molecule has 0 saturated carbocycles. The number of aryl methyl sites for hydroxylation is 1. The predicted molar refractivity (Wildman–Crippen MR) is 176 cm³/mol. The minimum atomic E-state index is -4.68. The molecule has 1 aliphatic rings. The Bertz CT molecular complexity index is 1730. The van der Waals surface area contributed by atoms with E-state index in [9.17, 15) is 26.4 Å². The number of ketones is 1. The third-order valence-electron chi connectivity index (χ3n) is 8.71. The van der Waals surface area contributed by atoms with Crippen LogP contribution in [-0.4, -0.2) is 44.8 Å². The fourth-order valence-corrected chi connectivity index (χ4v) is 8.02. The van der Waals surface area contributed by atoms with Gasteiger partial charge < -0.3 is 10.1 Å². The number of ether oxygens (including phenoxy) is 1. The summed E-state index contributed by atoms with van der Waals surface area (Å²) >= 11 is 0. The Morgan fingerprint density at radius 2 is 1.87 bits per heavy atom. The van der Waals surface area contributed by atoms with Crippen LogP contribution >= 0.6 is 0 Å². The normalized spacial score (nSPS) is 17.1. The van der Waals surface area contributed by atoms with Gasteiger partial charge in [0.1, 0.15) is 11.5 Å². The van der Waals surface area contributed by atoms with Gasteiger partial charge in [0.2, 0.25) is 10.0 Å². The molecule has 3 aromatic rings. The van der Waals surface area contributed by atoms with E-state index < -0.39 is 27.7 Å². The van der Waals surface area contributed by atoms with Crippen LogP contribution in [0.25, 0.3) is 0 Å². The number of fused-ring (bicyclic) bond motifs is 1. The molecule has 3 aromatic carbocycles. The monoisotopic (exact) mass is 672 g/mol. The molecule has 0 fully saturated rings. The molecule has 0 unspecified atom stereocenters. The van der Waals surface area contributed by atoms with Gasteiger partial charge in [-0.25, -0.2) is 13.9 Å². The van der Waals surface area contributed by atoms with Gasteiger partial charge in [0.25, 0.3) is 0 Å². The fraction of sp³-hybridized carbons (Fsp3) is 0.457. The first kappa shape index (κ1) is 36.2. The topological polar surface area (TPSA) is 112 Å². The average Bonchev–Trinajstić information content (AvgIpc) is 3.09. The molecule has 0 aromatic heterocycles. The largest absolute Gasteiger partial charge is 0.416 e. The molecule has 0 saturated heterocycles. The van der Waals surface area contributed by atoms with Crippen LogP contribution in [0.3, 0.4) is 0 Å². The van der Waals surface area contributed by atoms with E-state index in [0.717, 1.165) is 34.4 Å². The highest BCUT2D eigenvalue weighted by atomic mass is 32.2. The van der Waals surface area contributed by atoms with E-state index in [1.807, 2.05) is 65.0 Å². The van der Waals surface area contributed by atoms with E-state index >= 15 is 0 Å². The summed E-state index contributed by atoms with van der Waals surface area (Å²) in [5.74, 6) is -0.563. The molecular weight excluding hydrogens is 629 g/mol. The third-order valence-corrected chi connectivity index (χ3v) is 10.6. The molecule has 0 amide bonds. The molecule has 254 valence electrons. The summed E-state index contributed by atoms with van der Waals surface area (Å²) in [6.07, 6.45) is -3.96. The van der Waals surface area contributed by atoms with Crippen molar-refractivity contribution in [3.8, 4) is 0 Å². The van der Waals surface area contributed by atoms with Gasteiger partial charge in [0.05, 0.1) is 22.8 Å². The van der Waals surface area contributed by atoms with Gasteiger partial charge in [0, 0.05) is 45.0 Å². The molecule has 0 aliphatic carbocycles. The SMILES string of the molecule is CCNc1ccc([C@@H](CC(=O)CCOCC)c2ccc(C)c(CN3C[C@@H](C)Cc4ccc(C(F)(F)F)cc4S3(=O)=O)c2)c(C)c1N=N. The van der Waals surface area contributed by atoms with Crippen LogP contribution in [0.15, 0.2) is 58.5 Å². The Kier molecular flexibility index (Phi) is 11.6. The smallest absolute Gasteiger partial charge is 0.384 e. The van der Waals surface area contributed by atoms with Gasteiger partial charge in [-0.2, -0.15) is 22.6 Å². The van der Waals surface area contributed by atoms with E-state index in [2.05, 4.69) is 10.4 Å². The average molecular weight is 673 g/mol. The lowest BCUT2D eigenvalue weighted by molar-refractivity contribution is -0.137. The first-order chi connectivity index (χ1) is 22.2. The Morgan fingerprint density at radius 1 is 1.13 bits per heavy atom. The standard InChI is InChI=1S/C35H43F3N4O4S/c1-6-40-32-13-12-30(24(5)34(32)41-39)31(19-29(43)14-15-46-7-2)25-9-8-23(4)27(17-25)21-42-20-22(3)16-26-10-11-28(35(36,37)38)18-33(26)47(42,44)45/h8-13,17-18,22,31,39-40H,6-7,14-16,19-21H2,1-5H3/t22-,31-/m0/s1. The lowest BCUT2D eigenvalue weighted by atomic mass is 9.82. The molecule has 47 heavy (non-hydrogen) atoms. The van der Waals surface area contributed by atoms with Crippen LogP contribution in [0.5, 0.6) is 0 Å². The van der Waals surface area contributed by atoms with Crippen molar-refractivity contribution < 1.29 is 31.1 Å². The highest BCUT2D eigenvalue weighted by Crippen LogP contribution is 2.40. The number of anilines is 1. The van der Waals surface area contributed by atoms with Gasteiger partial charge in [-0.1, -0.05) is 37.3 Å². The van der Waals surface area contributed by atoms with Crippen molar-refractivity contribution in [3.63, 3.8) is 0 Å². The highest BCUT2D eigenvalue weighted by Gasteiger charge is 2.37. The lowest BCUT2D eigenvalue weighted by Gasteiger charge is -2.26. The van der Waals surface area contributed by atoms with Crippen molar-refractivity contribution >= 4 is 27.2 Å². The summed E-state index contributed by atoms with van der Waals surface area (Å²) < 4.78 is 75.4. The van der Waals surface area contributed by atoms with Crippen molar-refractivity contribution in [1.82, 2.24) is 4.31 Å². The van der Waals surface area contributed by atoms with Gasteiger partial charge in [-0.15, -0.1) is 0 Å². The van der Waals surface area contributed by atoms with E-state index in [1.165, 1.54) is 10.4 Å². The minimum Gasteiger partial charge on any atom is -0.384 e. The summed E-state index contributed by atoms with van der Waals surface area (Å²) in [6.45, 7) is 11.0. The van der Waals surface area contributed by atoms with E-state index in [0.29, 0.717) is 48.7 Å². The number of carbonyl (C=O) groups is 1. The molecule has 0 radical (unpaired) electrons. The maximum Gasteiger partial charge on any atom is 0.416 e. The van der Waals surface area contributed by atoms with Gasteiger partial charge >= 0.3 is 6.18 Å². The number of halogens is 3. The van der Waals surface area contributed by atoms with E-state index in [1.54, 1.807) is 0 Å². The third kappa shape index (κ3) is 8.28. The molecule has 2 N–H and O–H groups in total. The zero-order valence-electron chi connectivity index (χ0n) is 27.5. The van der Waals surface area contributed by atoms with Gasteiger partial charge in [-0.3, -0.25) is 4.79 Å². The molecule has 2 atom stereocenters. The number of rotatable bonds is 13. The Morgan fingerprint density at radius 3 is 2.53 bits per heavy atom. The summed E-state index contributed by atoms with van der Waals surface area (Å²) in [5, 5.41) is 7.01. The Labute approximate surface area is 275 Å². The second-order valence-electron chi connectivity index (χ2n) is 12.2. The van der Waals surface area contributed by atoms with Crippen molar-refractivity contribution in [2.75, 3.05) is 31.6 Å². The number of hydrogen-bond donors (Lipinski definition) is 2. The van der Waals surface area contributed by atoms with Crippen LogP contribution in [0.1, 0.15) is 78.5 Å². The summed E-state index contributed by atoms with van der Waals surface area (Å²) in [4.78, 5) is 12.9. The van der Waals surface area contributed by atoms with E-state index in [4.69, 9.17) is 10.3 Å². The number of hydrogen-bond acceptors (Lipinski definition) is 7. The number of nitrogens with zero attached hydrogens (tertiary/aromatic N) is 2. The number of alkyl halides is 3. The second kappa shape index (κ2) is 15.1. The van der Waals surface area contributed by atoms with Crippen molar-refractivity contribution in [3.05, 3.63) is 87.5 Å². The van der Waals surface area contributed by atoms with Crippen molar-refractivity contribution in [2.45, 2.75) is 77.4 Å². The van der Waals surface area contributed by atoms with Crippen LogP contribution < -0.4 is 5.32 Å². The zero-order chi connectivity index (χ0) is 34.5. The number of Topliss-reactive ketones (excluding diaryl/α,β-unsaturated/α-hetero) is 1. The van der Waals surface area contributed by atoms with Gasteiger partial charge in [0.15, 0.2) is 0 Å².